The molecule has 0 fully saturated rings. The second-order valence-corrected chi connectivity index (χ2v) is 10.3. The van der Waals surface area contributed by atoms with Crippen LogP contribution in [0, 0.1) is 0 Å². The van der Waals surface area contributed by atoms with Gasteiger partial charge in [0.05, 0.1) is 24.5 Å². The monoisotopic (exact) mass is 445 g/mol. The molecule has 1 amide bonds. The summed E-state index contributed by atoms with van der Waals surface area (Å²) in [5.41, 5.74) is 6.96. The number of hydrogen-bond acceptors (Lipinski definition) is 7. The Morgan fingerprint density at radius 3 is 2.52 bits per heavy atom. The van der Waals surface area contributed by atoms with Gasteiger partial charge in [-0.15, -0.1) is 10.2 Å². The SMILES string of the molecule is CC(C)(N)C(=O)N[C@H](COCc1ccccc1)c1nnc2ccc(CS(C)(=O)=O)cn12. The smallest absolute Gasteiger partial charge is 0.240 e. The molecule has 3 N–H and O–H groups in total. The fraction of sp³-hybridized carbons (Fsp3) is 0.381. The van der Waals surface area contributed by atoms with Crippen molar-refractivity contribution in [1.82, 2.24) is 19.9 Å². The number of benzene rings is 1. The highest BCUT2D eigenvalue weighted by Crippen LogP contribution is 2.17. The van der Waals surface area contributed by atoms with Gasteiger partial charge in [-0.05, 0) is 31.0 Å². The lowest BCUT2D eigenvalue weighted by atomic mass is 10.1. The predicted octanol–water partition coefficient (Wildman–Crippen LogP) is 1.39. The molecule has 0 spiro atoms. The summed E-state index contributed by atoms with van der Waals surface area (Å²) in [6.45, 7) is 3.70. The second-order valence-electron chi connectivity index (χ2n) is 8.14. The van der Waals surface area contributed by atoms with Gasteiger partial charge in [0.2, 0.25) is 5.91 Å². The average Bonchev–Trinajstić information content (AvgIpc) is 3.09. The van der Waals surface area contributed by atoms with Crippen LogP contribution in [0.1, 0.15) is 36.8 Å². The molecule has 9 nitrogen and oxygen atoms in total. The van der Waals surface area contributed by atoms with Crippen molar-refractivity contribution in [2.24, 2.45) is 5.73 Å². The normalized spacial score (nSPS) is 13.3. The van der Waals surface area contributed by atoms with Crippen LogP contribution in [0.3, 0.4) is 0 Å². The van der Waals surface area contributed by atoms with Crippen molar-refractivity contribution < 1.29 is 17.9 Å². The Labute approximate surface area is 181 Å². The zero-order valence-corrected chi connectivity index (χ0v) is 18.6. The fourth-order valence-corrected chi connectivity index (χ4v) is 3.75. The molecule has 0 aliphatic carbocycles. The molecule has 0 bridgehead atoms. The topological polar surface area (TPSA) is 129 Å². The summed E-state index contributed by atoms with van der Waals surface area (Å²) in [7, 11) is -3.21. The van der Waals surface area contributed by atoms with E-state index in [1.165, 1.54) is 6.26 Å². The van der Waals surface area contributed by atoms with E-state index in [9.17, 15) is 13.2 Å². The Balaban J connectivity index is 1.88. The first-order valence-corrected chi connectivity index (χ1v) is 11.8. The zero-order valence-electron chi connectivity index (χ0n) is 17.8. The lowest BCUT2D eigenvalue weighted by Gasteiger charge is -2.23. The minimum absolute atomic E-state index is 0.113. The first kappa shape index (κ1) is 22.9. The van der Waals surface area contributed by atoms with Crippen LogP contribution in [0.25, 0.3) is 5.65 Å². The number of carbonyl (C=O) groups is 1. The summed E-state index contributed by atoms with van der Waals surface area (Å²) >= 11 is 0. The Morgan fingerprint density at radius 2 is 1.87 bits per heavy atom. The van der Waals surface area contributed by atoms with Gasteiger partial charge in [-0.25, -0.2) is 8.42 Å². The quantitative estimate of drug-likeness (QED) is 0.509. The number of nitrogens with two attached hydrogens (primary N) is 1. The van der Waals surface area contributed by atoms with Crippen molar-refractivity contribution in [2.45, 2.75) is 37.8 Å². The van der Waals surface area contributed by atoms with Crippen molar-refractivity contribution in [3.8, 4) is 0 Å². The number of amides is 1. The maximum Gasteiger partial charge on any atom is 0.240 e. The van der Waals surface area contributed by atoms with Crippen LogP contribution in [0.4, 0.5) is 0 Å². The van der Waals surface area contributed by atoms with Gasteiger partial charge in [0.25, 0.3) is 0 Å². The molecule has 3 rings (SSSR count). The van der Waals surface area contributed by atoms with Crippen molar-refractivity contribution in [3.05, 3.63) is 65.6 Å². The highest BCUT2D eigenvalue weighted by Gasteiger charge is 2.28. The molecule has 166 valence electrons. The molecule has 2 aromatic heterocycles. The van der Waals surface area contributed by atoms with E-state index in [-0.39, 0.29) is 18.3 Å². The van der Waals surface area contributed by atoms with Crippen LogP contribution in [-0.2, 0) is 31.7 Å². The van der Waals surface area contributed by atoms with Crippen molar-refractivity contribution in [1.29, 1.82) is 0 Å². The van der Waals surface area contributed by atoms with Crippen LogP contribution in [-0.4, -0.2) is 47.3 Å². The molecule has 2 heterocycles. The third-order valence-corrected chi connectivity index (χ3v) is 5.37. The van der Waals surface area contributed by atoms with E-state index in [1.807, 2.05) is 30.3 Å². The van der Waals surface area contributed by atoms with Crippen LogP contribution in [0.15, 0.2) is 48.7 Å². The lowest BCUT2D eigenvalue weighted by molar-refractivity contribution is -0.126. The molecule has 1 aromatic carbocycles. The molecule has 3 aromatic rings. The van der Waals surface area contributed by atoms with Gasteiger partial charge >= 0.3 is 0 Å². The van der Waals surface area contributed by atoms with Gasteiger partial charge < -0.3 is 15.8 Å². The maximum atomic E-state index is 12.6. The maximum absolute atomic E-state index is 12.6. The second kappa shape index (κ2) is 9.13. The Bertz CT molecular complexity index is 1150. The molecular formula is C21H27N5O4S. The van der Waals surface area contributed by atoms with Crippen molar-refractivity contribution in [3.63, 3.8) is 0 Å². The van der Waals surface area contributed by atoms with E-state index in [1.54, 1.807) is 36.6 Å². The molecule has 0 unspecified atom stereocenters. The highest BCUT2D eigenvalue weighted by molar-refractivity contribution is 7.89. The summed E-state index contributed by atoms with van der Waals surface area (Å²) < 4.78 is 30.9. The molecule has 0 saturated heterocycles. The third kappa shape index (κ3) is 6.33. The highest BCUT2D eigenvalue weighted by atomic mass is 32.2. The lowest BCUT2D eigenvalue weighted by Crippen LogP contribution is -2.50. The van der Waals surface area contributed by atoms with Crippen LogP contribution in [0.5, 0.6) is 0 Å². The van der Waals surface area contributed by atoms with E-state index in [4.69, 9.17) is 10.5 Å². The zero-order chi connectivity index (χ0) is 22.6. The van der Waals surface area contributed by atoms with Crippen LogP contribution in [0.2, 0.25) is 0 Å². The molecule has 0 saturated carbocycles. The number of nitrogens with zero attached hydrogens (tertiary/aromatic N) is 3. The number of nitrogens with one attached hydrogen (secondary N) is 1. The Hall–Kier alpha value is -2.82. The summed E-state index contributed by atoms with van der Waals surface area (Å²) in [5, 5.41) is 11.2. The number of aromatic nitrogens is 3. The van der Waals surface area contributed by atoms with Gasteiger partial charge in [-0.3, -0.25) is 9.20 Å². The van der Waals surface area contributed by atoms with E-state index >= 15 is 0 Å². The number of hydrogen-bond donors (Lipinski definition) is 2. The number of sulfone groups is 1. The first-order valence-electron chi connectivity index (χ1n) is 9.76. The third-order valence-electron chi connectivity index (χ3n) is 4.52. The number of pyridine rings is 1. The first-order chi connectivity index (χ1) is 14.5. The van der Waals surface area contributed by atoms with Gasteiger partial charge in [0.15, 0.2) is 21.3 Å². The molecule has 0 radical (unpaired) electrons. The van der Waals surface area contributed by atoms with Gasteiger partial charge in [0.1, 0.15) is 6.04 Å². The molecule has 31 heavy (non-hydrogen) atoms. The standard InChI is InChI=1S/C21H27N5O4S/c1-21(2,22)20(27)23-17(13-30-12-15-7-5-4-6-8-15)19-25-24-18-10-9-16(11-26(18)19)14-31(3,28)29/h4-11,17H,12-14,22H2,1-3H3,(H,23,27)/t17-/m1/s1. The summed E-state index contributed by atoms with van der Waals surface area (Å²) in [5.74, 6) is -0.0568. The van der Waals surface area contributed by atoms with E-state index in [2.05, 4.69) is 15.5 Å². The minimum Gasteiger partial charge on any atom is -0.374 e. The number of rotatable bonds is 9. The van der Waals surface area contributed by atoms with E-state index in [0.717, 1.165) is 5.56 Å². The largest absolute Gasteiger partial charge is 0.374 e. The van der Waals surface area contributed by atoms with Gasteiger partial charge in [0, 0.05) is 12.5 Å². The number of fused-ring (bicyclic) bond motifs is 1. The Kier molecular flexibility index (Phi) is 6.73. The van der Waals surface area contributed by atoms with Crippen LogP contribution >= 0.6 is 0 Å². The molecule has 0 aliphatic rings. The summed E-state index contributed by atoms with van der Waals surface area (Å²) in [4.78, 5) is 12.6. The van der Waals surface area contributed by atoms with E-state index < -0.39 is 21.4 Å². The van der Waals surface area contributed by atoms with E-state index in [0.29, 0.717) is 23.6 Å². The number of carbonyl (C=O) groups excluding carboxylic acids is 1. The van der Waals surface area contributed by atoms with Gasteiger partial charge in [-0.2, -0.15) is 0 Å². The van der Waals surface area contributed by atoms with Crippen molar-refractivity contribution >= 4 is 21.4 Å². The van der Waals surface area contributed by atoms with Crippen molar-refractivity contribution in [2.75, 3.05) is 12.9 Å². The Morgan fingerprint density at radius 1 is 1.16 bits per heavy atom. The summed E-state index contributed by atoms with van der Waals surface area (Å²) in [6.07, 6.45) is 2.84. The molecule has 0 aliphatic heterocycles. The fourth-order valence-electron chi connectivity index (χ4n) is 2.97. The van der Waals surface area contributed by atoms with Crippen LogP contribution < -0.4 is 11.1 Å². The molecule has 1 atom stereocenters. The minimum atomic E-state index is -3.21. The molecular weight excluding hydrogens is 418 g/mol. The number of ether oxygens (including phenoxy) is 1. The summed E-state index contributed by atoms with van der Waals surface area (Å²) in [6, 6.07) is 12.4. The molecule has 10 heteroatoms. The average molecular weight is 446 g/mol. The predicted molar refractivity (Wildman–Crippen MR) is 117 cm³/mol. The van der Waals surface area contributed by atoms with Gasteiger partial charge in [-0.1, -0.05) is 36.4 Å².